The number of halogens is 1. The largest absolute Gasteiger partial charge is 0.470 e. The molecule has 1 amide bonds. The zero-order valence-electron chi connectivity index (χ0n) is 14.0. The van der Waals surface area contributed by atoms with Crippen LogP contribution in [0.25, 0.3) is 0 Å². The van der Waals surface area contributed by atoms with E-state index < -0.39 is 0 Å². The fourth-order valence-electron chi connectivity index (χ4n) is 2.21. The molecule has 0 atom stereocenters. The van der Waals surface area contributed by atoms with Gasteiger partial charge in [0, 0.05) is 19.3 Å². The molecule has 0 aliphatic heterocycles. The Morgan fingerprint density at radius 1 is 1.29 bits per heavy atom. The Bertz CT molecular complexity index is 656. The minimum atomic E-state index is -0.182. The maximum Gasteiger partial charge on any atom is 0.271 e. The topological polar surface area (TPSA) is 59.4 Å². The third-order valence-corrected chi connectivity index (χ3v) is 3.98. The lowest BCUT2D eigenvalue weighted by Gasteiger charge is -2.17. The molecule has 6 nitrogen and oxygen atoms in total. The van der Waals surface area contributed by atoms with Crippen molar-refractivity contribution in [2.24, 2.45) is 0 Å². The van der Waals surface area contributed by atoms with Crippen molar-refractivity contribution in [1.82, 2.24) is 20.0 Å². The highest BCUT2D eigenvalue weighted by Gasteiger charge is 2.10. The van der Waals surface area contributed by atoms with Gasteiger partial charge in [0.05, 0.1) is 5.02 Å². The lowest BCUT2D eigenvalue weighted by molar-refractivity contribution is 0.0942. The van der Waals surface area contributed by atoms with Crippen molar-refractivity contribution in [3.63, 3.8) is 0 Å². The number of amides is 1. The Kier molecular flexibility index (Phi) is 7.08. The van der Waals surface area contributed by atoms with Gasteiger partial charge in [0.25, 0.3) is 5.91 Å². The molecule has 0 bridgehead atoms. The fraction of sp³-hybridized carbons (Fsp3) is 0.412. The molecule has 1 N–H and O–H groups in total. The molecule has 2 aromatic rings. The van der Waals surface area contributed by atoms with Gasteiger partial charge in [-0.3, -0.25) is 4.79 Å². The van der Waals surface area contributed by atoms with Gasteiger partial charge in [0.2, 0.25) is 0 Å². The van der Waals surface area contributed by atoms with Crippen LogP contribution in [0.2, 0.25) is 5.02 Å². The maximum atomic E-state index is 12.1. The van der Waals surface area contributed by atoms with Crippen molar-refractivity contribution in [2.75, 3.05) is 26.2 Å². The van der Waals surface area contributed by atoms with E-state index in [1.54, 1.807) is 29.1 Å². The number of carbonyl (C=O) groups excluding carboxylic acids is 1. The van der Waals surface area contributed by atoms with Gasteiger partial charge >= 0.3 is 0 Å². The van der Waals surface area contributed by atoms with Crippen molar-refractivity contribution in [1.29, 1.82) is 0 Å². The first kappa shape index (κ1) is 18.3. The number of rotatable bonds is 9. The Morgan fingerprint density at radius 2 is 2.04 bits per heavy atom. The number of hydrogen-bond donors (Lipinski definition) is 1. The number of hydrogen-bond acceptors (Lipinski definition) is 4. The molecule has 0 saturated carbocycles. The van der Waals surface area contributed by atoms with Crippen molar-refractivity contribution >= 4 is 17.5 Å². The first-order valence-corrected chi connectivity index (χ1v) is 8.43. The van der Waals surface area contributed by atoms with Gasteiger partial charge in [-0.05, 0) is 31.3 Å². The zero-order chi connectivity index (χ0) is 17.4. The van der Waals surface area contributed by atoms with Crippen LogP contribution in [0.15, 0.2) is 36.5 Å². The van der Waals surface area contributed by atoms with E-state index in [1.807, 2.05) is 12.1 Å². The number of para-hydroxylation sites is 1. The maximum absolute atomic E-state index is 12.1. The smallest absolute Gasteiger partial charge is 0.271 e. The molecule has 0 spiro atoms. The van der Waals surface area contributed by atoms with Gasteiger partial charge in [-0.1, -0.05) is 37.6 Å². The Hall–Kier alpha value is -2.05. The van der Waals surface area contributed by atoms with E-state index in [0.717, 1.165) is 19.6 Å². The molecule has 2 rings (SSSR count). The fourth-order valence-corrected chi connectivity index (χ4v) is 2.40. The van der Waals surface area contributed by atoms with E-state index in [-0.39, 0.29) is 12.6 Å². The quantitative estimate of drug-likeness (QED) is 0.755. The molecule has 7 heteroatoms. The minimum Gasteiger partial charge on any atom is -0.470 e. The molecule has 1 aromatic carbocycles. The van der Waals surface area contributed by atoms with Gasteiger partial charge in [0.1, 0.15) is 11.4 Å². The van der Waals surface area contributed by atoms with E-state index in [4.69, 9.17) is 16.3 Å². The Balaban J connectivity index is 1.81. The van der Waals surface area contributed by atoms with Crippen LogP contribution >= 0.6 is 11.6 Å². The number of aromatic nitrogens is 2. The predicted octanol–water partition coefficient (Wildman–Crippen LogP) is 2.64. The van der Waals surface area contributed by atoms with Crippen LogP contribution in [-0.4, -0.2) is 46.8 Å². The van der Waals surface area contributed by atoms with Crippen molar-refractivity contribution in [2.45, 2.75) is 20.6 Å². The highest BCUT2D eigenvalue weighted by molar-refractivity contribution is 6.32. The summed E-state index contributed by atoms with van der Waals surface area (Å²) in [7, 11) is 0. The molecule has 0 unspecified atom stereocenters. The SMILES string of the molecule is CCN(CC)CCNC(=O)c1ccn(COc2ccccc2Cl)n1. The molecule has 130 valence electrons. The van der Waals surface area contributed by atoms with E-state index >= 15 is 0 Å². The van der Waals surface area contributed by atoms with Crippen molar-refractivity contribution in [3.05, 3.63) is 47.2 Å². The van der Waals surface area contributed by atoms with Gasteiger partial charge < -0.3 is 15.0 Å². The minimum absolute atomic E-state index is 0.182. The lowest BCUT2D eigenvalue weighted by atomic mass is 10.3. The average Bonchev–Trinajstić information content (AvgIpc) is 3.07. The second-order valence-electron chi connectivity index (χ2n) is 5.23. The van der Waals surface area contributed by atoms with Crippen LogP contribution in [0.3, 0.4) is 0 Å². The summed E-state index contributed by atoms with van der Waals surface area (Å²) in [6, 6.07) is 8.90. The Labute approximate surface area is 147 Å². The number of ether oxygens (including phenoxy) is 1. The predicted molar refractivity (Wildman–Crippen MR) is 94.4 cm³/mol. The molecule has 1 heterocycles. The van der Waals surface area contributed by atoms with E-state index in [0.29, 0.717) is 23.0 Å². The zero-order valence-corrected chi connectivity index (χ0v) is 14.8. The number of benzene rings is 1. The monoisotopic (exact) mass is 350 g/mol. The average molecular weight is 351 g/mol. The van der Waals surface area contributed by atoms with Crippen LogP contribution in [0, 0.1) is 0 Å². The Morgan fingerprint density at radius 3 is 2.75 bits per heavy atom. The van der Waals surface area contributed by atoms with Crippen molar-refractivity contribution in [3.8, 4) is 5.75 Å². The van der Waals surface area contributed by atoms with Gasteiger partial charge in [-0.2, -0.15) is 5.10 Å². The van der Waals surface area contributed by atoms with E-state index in [2.05, 4.69) is 29.2 Å². The summed E-state index contributed by atoms with van der Waals surface area (Å²) in [5, 5.41) is 7.63. The van der Waals surface area contributed by atoms with E-state index in [1.165, 1.54) is 0 Å². The molecule has 24 heavy (non-hydrogen) atoms. The molecular weight excluding hydrogens is 328 g/mol. The van der Waals surface area contributed by atoms with Gasteiger partial charge in [-0.25, -0.2) is 4.68 Å². The summed E-state index contributed by atoms with van der Waals surface area (Å²) in [4.78, 5) is 14.3. The first-order chi connectivity index (χ1) is 11.6. The van der Waals surface area contributed by atoms with Crippen LogP contribution in [0.5, 0.6) is 5.75 Å². The molecule has 0 aliphatic carbocycles. The number of carbonyl (C=O) groups is 1. The highest BCUT2D eigenvalue weighted by atomic mass is 35.5. The second-order valence-corrected chi connectivity index (χ2v) is 5.63. The number of nitrogens with one attached hydrogen (secondary N) is 1. The molecular formula is C17H23ClN4O2. The summed E-state index contributed by atoms with van der Waals surface area (Å²) in [5.74, 6) is 0.401. The van der Waals surface area contributed by atoms with Crippen LogP contribution in [0.1, 0.15) is 24.3 Å². The molecule has 0 aliphatic rings. The highest BCUT2D eigenvalue weighted by Crippen LogP contribution is 2.23. The van der Waals surface area contributed by atoms with Crippen LogP contribution < -0.4 is 10.1 Å². The third-order valence-electron chi connectivity index (χ3n) is 3.67. The molecule has 0 radical (unpaired) electrons. The van der Waals surface area contributed by atoms with E-state index in [9.17, 15) is 4.79 Å². The van der Waals surface area contributed by atoms with Gasteiger partial charge in [-0.15, -0.1) is 0 Å². The second kappa shape index (κ2) is 9.30. The summed E-state index contributed by atoms with van der Waals surface area (Å²) in [6.07, 6.45) is 1.70. The number of likely N-dealkylation sites (N-methyl/N-ethyl adjacent to an activating group) is 1. The summed E-state index contributed by atoms with van der Waals surface area (Å²) >= 11 is 6.03. The standard InChI is InChI=1S/C17H23ClN4O2/c1-3-21(4-2)12-10-19-17(23)15-9-11-22(20-15)13-24-16-8-6-5-7-14(16)18/h5-9,11H,3-4,10,12-13H2,1-2H3,(H,19,23). The van der Waals surface area contributed by atoms with Gasteiger partial charge in [0.15, 0.2) is 6.73 Å². The molecule has 1 aromatic heterocycles. The normalized spacial score (nSPS) is 10.8. The van der Waals surface area contributed by atoms with Crippen LogP contribution in [0.4, 0.5) is 0 Å². The summed E-state index contributed by atoms with van der Waals surface area (Å²) in [6.45, 7) is 7.77. The molecule has 0 fully saturated rings. The third kappa shape index (κ3) is 5.25. The van der Waals surface area contributed by atoms with Crippen molar-refractivity contribution < 1.29 is 9.53 Å². The lowest BCUT2D eigenvalue weighted by Crippen LogP contribution is -2.35. The van der Waals surface area contributed by atoms with Crippen LogP contribution in [-0.2, 0) is 6.73 Å². The summed E-state index contributed by atoms with van der Waals surface area (Å²) < 4.78 is 7.15. The molecule has 0 saturated heterocycles. The first-order valence-electron chi connectivity index (χ1n) is 8.05. The number of nitrogens with zero attached hydrogens (tertiary/aromatic N) is 3. The summed E-state index contributed by atoms with van der Waals surface area (Å²) in [5.41, 5.74) is 0.373.